The predicted octanol–water partition coefficient (Wildman–Crippen LogP) is 4.57. The highest BCUT2D eigenvalue weighted by Crippen LogP contribution is 2.30. The maximum atomic E-state index is 12.3. The fourth-order valence-corrected chi connectivity index (χ4v) is 2.64. The molecular weight excluding hydrogens is 346 g/mol. The first-order valence-corrected chi connectivity index (χ1v) is 8.13. The summed E-state index contributed by atoms with van der Waals surface area (Å²) in [5.41, 5.74) is 0.907. The van der Waals surface area contributed by atoms with Crippen molar-refractivity contribution in [3.63, 3.8) is 0 Å². The van der Waals surface area contributed by atoms with Crippen molar-refractivity contribution in [1.82, 2.24) is 0 Å². The quantitative estimate of drug-likeness (QED) is 0.166. The highest BCUT2D eigenvalue weighted by atomic mass is 16.6. The number of rotatable bonds is 5. The summed E-state index contributed by atoms with van der Waals surface area (Å²) in [4.78, 5) is 34.3. The van der Waals surface area contributed by atoms with Crippen molar-refractivity contribution in [3.8, 4) is 5.75 Å². The van der Waals surface area contributed by atoms with Gasteiger partial charge in [-0.3, -0.25) is 14.9 Å². The molecule has 0 spiro atoms. The molecule has 0 heterocycles. The van der Waals surface area contributed by atoms with Gasteiger partial charge in [0.25, 0.3) is 5.69 Å². The minimum atomic E-state index is -0.646. The van der Waals surface area contributed by atoms with Crippen molar-refractivity contribution in [3.05, 3.63) is 88.0 Å². The van der Waals surface area contributed by atoms with Crippen LogP contribution in [0.2, 0.25) is 0 Å². The summed E-state index contributed by atoms with van der Waals surface area (Å²) < 4.78 is 5.45. The van der Waals surface area contributed by atoms with E-state index in [1.807, 2.05) is 12.1 Å². The van der Waals surface area contributed by atoms with Gasteiger partial charge in [0.15, 0.2) is 5.78 Å². The van der Waals surface area contributed by atoms with Crippen molar-refractivity contribution >= 4 is 34.3 Å². The van der Waals surface area contributed by atoms with Gasteiger partial charge < -0.3 is 4.74 Å². The van der Waals surface area contributed by atoms with Crippen molar-refractivity contribution in [2.75, 3.05) is 0 Å². The Balaban J connectivity index is 1.86. The lowest BCUT2D eigenvalue weighted by molar-refractivity contribution is -0.384. The standard InChI is InChI=1S/C21H15NO5/c1-14(23)18-12-9-16-4-2-3-5-19(16)21(18)27-20(24)13-8-15-6-10-17(11-7-15)22(25)26/h2-13H,1H3/b13-8+. The van der Waals surface area contributed by atoms with Gasteiger partial charge in [-0.1, -0.05) is 30.3 Å². The van der Waals surface area contributed by atoms with Crippen molar-refractivity contribution in [1.29, 1.82) is 0 Å². The maximum Gasteiger partial charge on any atom is 0.336 e. The lowest BCUT2D eigenvalue weighted by Crippen LogP contribution is -2.08. The third-order valence-electron chi connectivity index (χ3n) is 3.98. The summed E-state index contributed by atoms with van der Waals surface area (Å²) in [7, 11) is 0. The summed E-state index contributed by atoms with van der Waals surface area (Å²) in [5.74, 6) is -0.631. The first-order chi connectivity index (χ1) is 13.0. The molecule has 3 aromatic rings. The van der Waals surface area contributed by atoms with E-state index in [1.54, 1.807) is 24.3 Å². The molecule has 27 heavy (non-hydrogen) atoms. The van der Waals surface area contributed by atoms with Gasteiger partial charge in [-0.2, -0.15) is 0 Å². The zero-order chi connectivity index (χ0) is 19.4. The molecule has 0 saturated carbocycles. The van der Waals surface area contributed by atoms with E-state index in [4.69, 9.17) is 4.74 Å². The molecule has 0 atom stereocenters. The van der Waals surface area contributed by atoms with Gasteiger partial charge in [-0.25, -0.2) is 4.79 Å². The largest absolute Gasteiger partial charge is 0.422 e. The van der Waals surface area contributed by atoms with Gasteiger partial charge in [-0.15, -0.1) is 0 Å². The van der Waals surface area contributed by atoms with Crippen molar-refractivity contribution in [2.45, 2.75) is 6.92 Å². The molecule has 0 fully saturated rings. The molecule has 0 aliphatic carbocycles. The van der Waals surface area contributed by atoms with Gasteiger partial charge in [0, 0.05) is 23.6 Å². The number of hydrogen-bond donors (Lipinski definition) is 0. The van der Waals surface area contributed by atoms with Crippen molar-refractivity contribution < 1.29 is 19.2 Å². The van der Waals surface area contributed by atoms with Crippen LogP contribution in [0.25, 0.3) is 16.8 Å². The highest BCUT2D eigenvalue weighted by molar-refractivity contribution is 6.05. The Hall–Kier alpha value is -3.80. The number of carbonyl (C=O) groups is 2. The van der Waals surface area contributed by atoms with E-state index in [-0.39, 0.29) is 17.2 Å². The molecule has 6 heteroatoms. The maximum absolute atomic E-state index is 12.3. The number of hydrogen-bond acceptors (Lipinski definition) is 5. The Bertz CT molecular complexity index is 1070. The van der Waals surface area contributed by atoms with Crippen molar-refractivity contribution in [2.24, 2.45) is 0 Å². The number of carbonyl (C=O) groups excluding carboxylic acids is 2. The second-order valence-electron chi connectivity index (χ2n) is 5.82. The minimum absolute atomic E-state index is 0.0309. The van der Waals surface area contributed by atoms with Crippen LogP contribution in [0.3, 0.4) is 0 Å². The topological polar surface area (TPSA) is 86.5 Å². The lowest BCUT2D eigenvalue weighted by Gasteiger charge is -2.10. The Kier molecular flexibility index (Phi) is 5.08. The zero-order valence-corrected chi connectivity index (χ0v) is 14.4. The molecule has 0 saturated heterocycles. The molecule has 3 aromatic carbocycles. The van der Waals surface area contributed by atoms with E-state index in [0.29, 0.717) is 16.5 Å². The number of ether oxygens (including phenoxy) is 1. The van der Waals surface area contributed by atoms with Crippen LogP contribution in [0.15, 0.2) is 66.7 Å². The van der Waals surface area contributed by atoms with Gasteiger partial charge in [-0.05, 0) is 42.1 Å². The summed E-state index contributed by atoms with van der Waals surface area (Å²) in [6.45, 7) is 1.41. The predicted molar refractivity (Wildman–Crippen MR) is 102 cm³/mol. The molecule has 0 aliphatic rings. The molecule has 0 unspecified atom stereocenters. The van der Waals surface area contributed by atoms with Crippen LogP contribution in [-0.2, 0) is 4.79 Å². The van der Waals surface area contributed by atoms with E-state index in [0.717, 1.165) is 5.39 Å². The first kappa shape index (κ1) is 18.0. The van der Waals surface area contributed by atoms with Gasteiger partial charge in [0.1, 0.15) is 5.75 Å². The fraction of sp³-hybridized carbons (Fsp3) is 0.0476. The van der Waals surface area contributed by atoms with Crippen LogP contribution in [0.1, 0.15) is 22.8 Å². The van der Waals surface area contributed by atoms with Crippen LogP contribution in [-0.4, -0.2) is 16.7 Å². The number of non-ortho nitro benzene ring substituents is 1. The van der Waals surface area contributed by atoms with E-state index in [9.17, 15) is 19.7 Å². The molecule has 134 valence electrons. The molecular formula is C21H15NO5. The first-order valence-electron chi connectivity index (χ1n) is 8.13. The average molecular weight is 361 g/mol. The number of ketones is 1. The molecule has 0 N–H and O–H groups in total. The number of fused-ring (bicyclic) bond motifs is 1. The second kappa shape index (κ2) is 7.61. The number of Topliss-reactive ketones (excluding diaryl/α,β-unsaturated/α-hetero) is 1. The van der Waals surface area contributed by atoms with E-state index < -0.39 is 10.9 Å². The smallest absolute Gasteiger partial charge is 0.336 e. The number of nitro groups is 1. The lowest BCUT2D eigenvalue weighted by atomic mass is 10.0. The number of benzene rings is 3. The number of esters is 1. The van der Waals surface area contributed by atoms with E-state index in [1.165, 1.54) is 43.3 Å². The normalized spacial score (nSPS) is 10.9. The highest BCUT2D eigenvalue weighted by Gasteiger charge is 2.15. The van der Waals surface area contributed by atoms with Crippen LogP contribution < -0.4 is 4.74 Å². The van der Waals surface area contributed by atoms with Gasteiger partial charge in [0.2, 0.25) is 0 Å². The number of nitrogens with zero attached hydrogens (tertiary/aromatic N) is 1. The van der Waals surface area contributed by atoms with Gasteiger partial charge in [0.05, 0.1) is 10.5 Å². The molecule has 0 aliphatic heterocycles. The van der Waals surface area contributed by atoms with E-state index >= 15 is 0 Å². The molecule has 0 radical (unpaired) electrons. The summed E-state index contributed by atoms with van der Waals surface area (Å²) >= 11 is 0. The average Bonchev–Trinajstić information content (AvgIpc) is 2.66. The molecule has 0 bridgehead atoms. The zero-order valence-electron chi connectivity index (χ0n) is 14.4. The monoisotopic (exact) mass is 361 g/mol. The minimum Gasteiger partial charge on any atom is -0.422 e. The molecule has 0 amide bonds. The summed E-state index contributed by atoms with van der Waals surface area (Å²) in [6.07, 6.45) is 2.71. The third-order valence-corrected chi connectivity index (χ3v) is 3.98. The Labute approximate surface area is 154 Å². The molecule has 3 rings (SSSR count). The Morgan fingerprint density at radius 3 is 2.37 bits per heavy atom. The van der Waals surface area contributed by atoms with Gasteiger partial charge >= 0.3 is 5.97 Å². The summed E-state index contributed by atoms with van der Waals surface area (Å²) in [5, 5.41) is 12.2. The van der Waals surface area contributed by atoms with Crippen LogP contribution in [0.4, 0.5) is 5.69 Å². The van der Waals surface area contributed by atoms with Crippen LogP contribution in [0.5, 0.6) is 5.75 Å². The molecule has 0 aromatic heterocycles. The second-order valence-corrected chi connectivity index (χ2v) is 5.82. The fourth-order valence-electron chi connectivity index (χ4n) is 2.64. The number of nitro benzene ring substituents is 1. The third kappa shape index (κ3) is 4.07. The Morgan fingerprint density at radius 1 is 1.00 bits per heavy atom. The molecule has 6 nitrogen and oxygen atoms in total. The van der Waals surface area contributed by atoms with Crippen LogP contribution in [0, 0.1) is 10.1 Å². The summed E-state index contributed by atoms with van der Waals surface area (Å²) in [6, 6.07) is 16.5. The SMILES string of the molecule is CC(=O)c1ccc2ccccc2c1OC(=O)/C=C/c1ccc([N+](=O)[O-])cc1. The van der Waals surface area contributed by atoms with E-state index in [2.05, 4.69) is 0 Å². The Morgan fingerprint density at radius 2 is 1.70 bits per heavy atom. The van der Waals surface area contributed by atoms with Crippen LogP contribution >= 0.6 is 0 Å².